The molecule has 2 heterocycles. The third-order valence-electron chi connectivity index (χ3n) is 4.13. The van der Waals surface area contributed by atoms with Crippen LogP contribution in [0.15, 0.2) is 55.0 Å². The number of likely N-dealkylation sites (N-methyl/N-ethyl adjacent to an activating group) is 1. The van der Waals surface area contributed by atoms with Crippen molar-refractivity contribution in [3.8, 4) is 0 Å². The third kappa shape index (κ3) is 4.46. The van der Waals surface area contributed by atoms with E-state index in [1.165, 1.54) is 18.3 Å². The molecule has 8 heteroatoms. The van der Waals surface area contributed by atoms with Crippen LogP contribution in [0.3, 0.4) is 0 Å². The molecule has 0 unspecified atom stereocenters. The van der Waals surface area contributed by atoms with Gasteiger partial charge >= 0.3 is 0 Å². The van der Waals surface area contributed by atoms with Gasteiger partial charge < -0.3 is 10.2 Å². The summed E-state index contributed by atoms with van der Waals surface area (Å²) in [7, 11) is 1.67. The fourth-order valence-corrected chi connectivity index (χ4v) is 2.52. The molecule has 0 radical (unpaired) electrons. The molecule has 0 spiro atoms. The van der Waals surface area contributed by atoms with Crippen LogP contribution in [0, 0.1) is 17.5 Å². The van der Waals surface area contributed by atoms with Crippen LogP contribution in [0.2, 0.25) is 0 Å². The Bertz CT molecular complexity index is 965. The molecule has 0 bridgehead atoms. The van der Waals surface area contributed by atoms with Gasteiger partial charge in [-0.25, -0.2) is 18.2 Å². The first-order valence-electron chi connectivity index (χ1n) is 8.46. The van der Waals surface area contributed by atoms with Crippen LogP contribution in [0.5, 0.6) is 0 Å². The summed E-state index contributed by atoms with van der Waals surface area (Å²) in [6.07, 6.45) is 5.39. The van der Waals surface area contributed by atoms with Crippen LogP contribution in [0.1, 0.15) is 16.1 Å². The molecule has 0 saturated heterocycles. The fourth-order valence-electron chi connectivity index (χ4n) is 2.52. The lowest BCUT2D eigenvalue weighted by Crippen LogP contribution is -2.29. The maximum absolute atomic E-state index is 13.7. The molecule has 3 rings (SSSR count). The van der Waals surface area contributed by atoms with Crippen molar-refractivity contribution in [3.63, 3.8) is 0 Å². The molecule has 144 valence electrons. The van der Waals surface area contributed by atoms with Crippen molar-refractivity contribution in [2.24, 2.45) is 0 Å². The average Bonchev–Trinajstić information content (AvgIpc) is 2.73. The number of halogens is 3. The lowest BCUT2D eigenvalue weighted by atomic mass is 10.2. The highest BCUT2D eigenvalue weighted by molar-refractivity contribution is 5.92. The van der Waals surface area contributed by atoms with Crippen molar-refractivity contribution in [1.29, 1.82) is 0 Å². The molecule has 2 aromatic heterocycles. The lowest BCUT2D eigenvalue weighted by Gasteiger charge is -2.17. The van der Waals surface area contributed by atoms with Crippen LogP contribution < -0.4 is 5.32 Å². The number of aromatic nitrogens is 2. The number of carbonyl (C=O) groups excluding carboxylic acids is 1. The number of carbonyl (C=O) groups is 1. The molecule has 1 amide bonds. The van der Waals surface area contributed by atoms with Gasteiger partial charge in [-0.1, -0.05) is 0 Å². The minimum atomic E-state index is -1.56. The monoisotopic (exact) mass is 386 g/mol. The SMILES string of the molecule is CN(CCc1ccncc1)C(=O)c1ccc(Nc2ccc(F)c(F)c2F)cn1. The van der Waals surface area contributed by atoms with Gasteiger partial charge in [0.15, 0.2) is 17.5 Å². The zero-order chi connectivity index (χ0) is 20.1. The number of rotatable bonds is 6. The van der Waals surface area contributed by atoms with Crippen LogP contribution in [-0.4, -0.2) is 34.4 Å². The number of amides is 1. The van der Waals surface area contributed by atoms with Gasteiger partial charge in [-0.2, -0.15) is 0 Å². The maximum atomic E-state index is 13.7. The van der Waals surface area contributed by atoms with Crippen LogP contribution in [0.25, 0.3) is 0 Å². The van der Waals surface area contributed by atoms with Crippen molar-refractivity contribution >= 4 is 17.3 Å². The summed E-state index contributed by atoms with van der Waals surface area (Å²) in [5.74, 6) is -4.41. The number of pyridine rings is 2. The molecule has 5 nitrogen and oxygen atoms in total. The van der Waals surface area contributed by atoms with Gasteiger partial charge in [0, 0.05) is 26.0 Å². The Hall–Kier alpha value is -3.42. The summed E-state index contributed by atoms with van der Waals surface area (Å²) in [5, 5.41) is 2.61. The molecule has 1 aromatic carbocycles. The van der Waals surface area contributed by atoms with Crippen molar-refractivity contribution in [2.45, 2.75) is 6.42 Å². The van der Waals surface area contributed by atoms with Gasteiger partial charge in [0.05, 0.1) is 17.6 Å². The Morgan fingerprint density at radius 3 is 2.46 bits per heavy atom. The highest BCUT2D eigenvalue weighted by Gasteiger charge is 2.15. The number of benzene rings is 1. The van der Waals surface area contributed by atoms with E-state index in [9.17, 15) is 18.0 Å². The first-order valence-corrected chi connectivity index (χ1v) is 8.46. The van der Waals surface area contributed by atoms with E-state index in [-0.39, 0.29) is 17.3 Å². The molecule has 0 atom stereocenters. The summed E-state index contributed by atoms with van der Waals surface area (Å²) in [6, 6.07) is 8.66. The highest BCUT2D eigenvalue weighted by atomic mass is 19.2. The second-order valence-corrected chi connectivity index (χ2v) is 6.11. The van der Waals surface area contributed by atoms with Gasteiger partial charge in [0.25, 0.3) is 5.91 Å². The lowest BCUT2D eigenvalue weighted by molar-refractivity contribution is 0.0791. The Morgan fingerprint density at radius 2 is 1.79 bits per heavy atom. The minimum absolute atomic E-state index is 0.216. The van der Waals surface area contributed by atoms with Gasteiger partial charge in [0.2, 0.25) is 0 Å². The summed E-state index contributed by atoms with van der Waals surface area (Å²) < 4.78 is 40.0. The number of nitrogens with zero attached hydrogens (tertiary/aromatic N) is 3. The largest absolute Gasteiger partial charge is 0.352 e. The standard InChI is InChI=1S/C20H17F3N4O/c1-27(11-8-13-6-9-24-10-7-13)20(28)17-4-2-14(12-25-17)26-16-5-3-15(21)18(22)19(16)23/h2-7,9-10,12,26H,8,11H2,1H3. The van der Waals surface area contributed by atoms with E-state index in [1.54, 1.807) is 24.3 Å². The second-order valence-electron chi connectivity index (χ2n) is 6.11. The molecule has 1 N–H and O–H groups in total. The van der Waals surface area contributed by atoms with Crippen molar-refractivity contribution in [3.05, 3.63) is 83.7 Å². The summed E-state index contributed by atoms with van der Waals surface area (Å²) in [6.45, 7) is 0.505. The zero-order valence-electron chi connectivity index (χ0n) is 15.0. The maximum Gasteiger partial charge on any atom is 0.272 e. The van der Waals surface area contributed by atoms with Crippen LogP contribution in [0.4, 0.5) is 24.5 Å². The fraction of sp³-hybridized carbons (Fsp3) is 0.150. The zero-order valence-corrected chi connectivity index (χ0v) is 15.0. The first-order chi connectivity index (χ1) is 13.5. The topological polar surface area (TPSA) is 58.1 Å². The Morgan fingerprint density at radius 1 is 1.04 bits per heavy atom. The van der Waals surface area contributed by atoms with Gasteiger partial charge in [-0.3, -0.25) is 9.78 Å². The van der Waals surface area contributed by atoms with Crippen molar-refractivity contribution in [2.75, 3.05) is 18.9 Å². The Kier molecular flexibility index (Phi) is 5.88. The molecule has 0 aliphatic heterocycles. The van der Waals surface area contributed by atoms with Crippen LogP contribution in [-0.2, 0) is 6.42 Å². The predicted octanol–water partition coefficient (Wildman–Crippen LogP) is 3.95. The van der Waals surface area contributed by atoms with E-state index in [0.29, 0.717) is 18.7 Å². The molecule has 0 fully saturated rings. The van der Waals surface area contributed by atoms with Crippen molar-refractivity contribution in [1.82, 2.24) is 14.9 Å². The van der Waals surface area contributed by atoms with E-state index < -0.39 is 17.5 Å². The van der Waals surface area contributed by atoms with Gasteiger partial charge in [-0.05, 0) is 48.4 Å². The number of hydrogen-bond donors (Lipinski definition) is 1. The smallest absolute Gasteiger partial charge is 0.272 e. The molecule has 0 aliphatic carbocycles. The second kappa shape index (κ2) is 8.51. The molecule has 0 aliphatic rings. The predicted molar refractivity (Wildman–Crippen MR) is 98.7 cm³/mol. The first kappa shape index (κ1) is 19.3. The highest BCUT2D eigenvalue weighted by Crippen LogP contribution is 2.23. The van der Waals surface area contributed by atoms with Gasteiger partial charge in [0.1, 0.15) is 5.69 Å². The Balaban J connectivity index is 1.63. The van der Waals surface area contributed by atoms with E-state index >= 15 is 0 Å². The number of nitrogens with one attached hydrogen (secondary N) is 1. The molecular weight excluding hydrogens is 369 g/mol. The summed E-state index contributed by atoms with van der Waals surface area (Å²) >= 11 is 0. The summed E-state index contributed by atoms with van der Waals surface area (Å²) in [4.78, 5) is 22.0. The molecule has 28 heavy (non-hydrogen) atoms. The van der Waals surface area contributed by atoms with E-state index in [4.69, 9.17) is 0 Å². The van der Waals surface area contributed by atoms with E-state index in [1.807, 2.05) is 12.1 Å². The van der Waals surface area contributed by atoms with E-state index in [2.05, 4.69) is 15.3 Å². The van der Waals surface area contributed by atoms with E-state index in [0.717, 1.165) is 17.7 Å². The third-order valence-corrected chi connectivity index (χ3v) is 4.13. The molecule has 0 saturated carbocycles. The molecular formula is C20H17F3N4O. The minimum Gasteiger partial charge on any atom is -0.352 e. The normalized spacial score (nSPS) is 10.6. The number of anilines is 2. The number of hydrogen-bond acceptors (Lipinski definition) is 4. The quantitative estimate of drug-likeness (QED) is 0.652. The van der Waals surface area contributed by atoms with Crippen LogP contribution >= 0.6 is 0 Å². The summed E-state index contributed by atoms with van der Waals surface area (Å²) in [5.41, 5.74) is 1.39. The van der Waals surface area contributed by atoms with Crippen molar-refractivity contribution < 1.29 is 18.0 Å². The average molecular weight is 386 g/mol. The van der Waals surface area contributed by atoms with Gasteiger partial charge in [-0.15, -0.1) is 0 Å². The Labute approximate surface area is 159 Å². The molecule has 3 aromatic rings.